The third kappa shape index (κ3) is 2.21. The van der Waals surface area contributed by atoms with Crippen molar-refractivity contribution in [1.29, 1.82) is 0 Å². The molecule has 0 saturated heterocycles. The fourth-order valence-electron chi connectivity index (χ4n) is 2.93. The molecule has 116 valence electrons. The second kappa shape index (κ2) is 5.35. The molecular formula is C18H16N2O3. The van der Waals surface area contributed by atoms with E-state index in [0.717, 1.165) is 28.3 Å². The molecule has 0 radical (unpaired) electrons. The average Bonchev–Trinajstić information content (AvgIpc) is 3.18. The van der Waals surface area contributed by atoms with E-state index < -0.39 is 0 Å². The maximum Gasteiger partial charge on any atom is 0.326 e. The Morgan fingerprint density at radius 1 is 1.04 bits per heavy atom. The minimum absolute atomic E-state index is 0.112. The van der Waals surface area contributed by atoms with Gasteiger partial charge in [-0.1, -0.05) is 30.3 Å². The van der Waals surface area contributed by atoms with Crippen molar-refractivity contribution in [2.75, 3.05) is 6.79 Å². The molecule has 0 amide bonds. The van der Waals surface area contributed by atoms with Crippen molar-refractivity contribution in [3.63, 3.8) is 0 Å². The molecule has 2 heterocycles. The smallest absolute Gasteiger partial charge is 0.326 e. The molecule has 3 aromatic rings. The molecule has 5 nitrogen and oxygen atoms in total. The van der Waals surface area contributed by atoms with E-state index in [9.17, 15) is 4.79 Å². The Morgan fingerprint density at radius 2 is 1.83 bits per heavy atom. The van der Waals surface area contributed by atoms with Gasteiger partial charge in [0.05, 0.1) is 11.4 Å². The van der Waals surface area contributed by atoms with Crippen molar-refractivity contribution < 1.29 is 9.47 Å². The van der Waals surface area contributed by atoms with E-state index in [1.165, 1.54) is 0 Å². The summed E-state index contributed by atoms with van der Waals surface area (Å²) in [5.41, 5.74) is 3.47. The van der Waals surface area contributed by atoms with E-state index in [2.05, 4.69) is 4.98 Å². The minimum atomic E-state index is -0.112. The highest BCUT2D eigenvalue weighted by Gasteiger charge is 2.20. The number of H-pyrrole nitrogens is 1. The Bertz CT molecular complexity index is 910. The summed E-state index contributed by atoms with van der Waals surface area (Å²) in [4.78, 5) is 15.3. The van der Waals surface area contributed by atoms with Gasteiger partial charge in [0.25, 0.3) is 0 Å². The van der Waals surface area contributed by atoms with Gasteiger partial charge in [-0.05, 0) is 25.1 Å². The summed E-state index contributed by atoms with van der Waals surface area (Å²) >= 11 is 0. The van der Waals surface area contributed by atoms with Crippen LogP contribution in [-0.4, -0.2) is 16.3 Å². The molecule has 2 aromatic carbocycles. The van der Waals surface area contributed by atoms with E-state index in [0.29, 0.717) is 12.3 Å². The maximum atomic E-state index is 12.3. The predicted octanol–water partition coefficient (Wildman–Crippen LogP) is 3.26. The summed E-state index contributed by atoms with van der Waals surface area (Å²) in [6, 6.07) is 15.6. The largest absolute Gasteiger partial charge is 0.454 e. The van der Waals surface area contributed by atoms with Crippen LogP contribution >= 0.6 is 0 Å². The molecule has 0 fully saturated rings. The highest BCUT2D eigenvalue weighted by Crippen LogP contribution is 2.38. The van der Waals surface area contributed by atoms with Crippen LogP contribution in [0.5, 0.6) is 11.5 Å². The van der Waals surface area contributed by atoms with E-state index in [4.69, 9.17) is 9.47 Å². The van der Waals surface area contributed by atoms with Crippen LogP contribution < -0.4 is 15.2 Å². The maximum absolute atomic E-state index is 12.3. The molecule has 4 rings (SSSR count). The average molecular weight is 308 g/mol. The van der Waals surface area contributed by atoms with Crippen LogP contribution in [0.15, 0.2) is 53.3 Å². The zero-order valence-electron chi connectivity index (χ0n) is 12.7. The Kier molecular flexibility index (Phi) is 3.19. The summed E-state index contributed by atoms with van der Waals surface area (Å²) in [6.07, 6.45) is 0. The van der Waals surface area contributed by atoms with Gasteiger partial charge in [0.15, 0.2) is 11.5 Å². The number of nitrogens with zero attached hydrogens (tertiary/aromatic N) is 1. The quantitative estimate of drug-likeness (QED) is 0.808. The number of hydrogen-bond acceptors (Lipinski definition) is 3. The fourth-order valence-corrected chi connectivity index (χ4v) is 2.93. The van der Waals surface area contributed by atoms with Crippen molar-refractivity contribution in [3.05, 3.63) is 59.0 Å². The highest BCUT2D eigenvalue weighted by molar-refractivity contribution is 5.79. The predicted molar refractivity (Wildman–Crippen MR) is 87.7 cm³/mol. The van der Waals surface area contributed by atoms with Gasteiger partial charge >= 0.3 is 5.69 Å². The molecular weight excluding hydrogens is 292 g/mol. The number of benzene rings is 2. The van der Waals surface area contributed by atoms with Gasteiger partial charge in [-0.2, -0.15) is 0 Å². The Hall–Kier alpha value is -2.95. The molecule has 0 saturated carbocycles. The molecule has 0 unspecified atom stereocenters. The molecule has 5 heteroatoms. The van der Waals surface area contributed by atoms with Crippen LogP contribution in [0.4, 0.5) is 0 Å². The number of imidazole rings is 1. The second-order valence-electron chi connectivity index (χ2n) is 5.33. The van der Waals surface area contributed by atoms with E-state index in [1.807, 2.05) is 55.5 Å². The van der Waals surface area contributed by atoms with E-state index in [1.54, 1.807) is 4.57 Å². The first kappa shape index (κ1) is 13.7. The number of hydrogen-bond donors (Lipinski definition) is 1. The summed E-state index contributed by atoms with van der Waals surface area (Å²) in [5.74, 6) is 1.44. The van der Waals surface area contributed by atoms with Crippen molar-refractivity contribution in [3.8, 4) is 34.0 Å². The summed E-state index contributed by atoms with van der Waals surface area (Å²) in [6.45, 7) is 2.78. The lowest BCUT2D eigenvalue weighted by atomic mass is 10.0. The fraction of sp³-hybridized carbons (Fsp3) is 0.167. The third-order valence-electron chi connectivity index (χ3n) is 4.01. The molecule has 1 aromatic heterocycles. The first-order valence-corrected chi connectivity index (χ1v) is 7.56. The topological polar surface area (TPSA) is 56.2 Å². The van der Waals surface area contributed by atoms with Gasteiger partial charge in [0, 0.05) is 17.7 Å². The van der Waals surface area contributed by atoms with Gasteiger partial charge in [-0.3, -0.25) is 4.57 Å². The first-order valence-electron chi connectivity index (χ1n) is 7.56. The Morgan fingerprint density at radius 3 is 2.61 bits per heavy atom. The van der Waals surface area contributed by atoms with Crippen LogP contribution in [0.1, 0.15) is 6.92 Å². The molecule has 1 aliphatic rings. The Balaban J connectivity index is 1.95. The number of aromatic nitrogens is 2. The van der Waals surface area contributed by atoms with E-state index >= 15 is 0 Å². The molecule has 0 spiro atoms. The molecule has 1 N–H and O–H groups in total. The van der Waals surface area contributed by atoms with Gasteiger partial charge in [0.1, 0.15) is 0 Å². The standard InChI is InChI=1S/C18H16N2O3/c1-2-20-17(13-8-9-14-15(10-13)23-11-22-14)16(19-18(20)21)12-6-4-3-5-7-12/h3-10H,2,11H2,1H3,(H,19,21). The monoisotopic (exact) mass is 308 g/mol. The second-order valence-corrected chi connectivity index (χ2v) is 5.33. The van der Waals surface area contributed by atoms with Crippen LogP contribution in [0.25, 0.3) is 22.5 Å². The molecule has 1 aliphatic heterocycles. The highest BCUT2D eigenvalue weighted by atomic mass is 16.7. The van der Waals surface area contributed by atoms with Gasteiger partial charge in [0.2, 0.25) is 6.79 Å². The summed E-state index contributed by atoms with van der Waals surface area (Å²) in [7, 11) is 0. The van der Waals surface area contributed by atoms with Crippen molar-refractivity contribution in [1.82, 2.24) is 9.55 Å². The number of ether oxygens (including phenoxy) is 2. The number of fused-ring (bicyclic) bond motifs is 1. The summed E-state index contributed by atoms with van der Waals surface area (Å²) < 4.78 is 12.6. The summed E-state index contributed by atoms with van der Waals surface area (Å²) in [5, 5.41) is 0. The van der Waals surface area contributed by atoms with E-state index in [-0.39, 0.29) is 12.5 Å². The van der Waals surface area contributed by atoms with Crippen molar-refractivity contribution >= 4 is 0 Å². The molecule has 0 bridgehead atoms. The third-order valence-corrected chi connectivity index (χ3v) is 4.01. The van der Waals surface area contributed by atoms with Crippen molar-refractivity contribution in [2.45, 2.75) is 13.5 Å². The lowest BCUT2D eigenvalue weighted by molar-refractivity contribution is 0.174. The zero-order chi connectivity index (χ0) is 15.8. The van der Waals surface area contributed by atoms with Crippen LogP contribution in [-0.2, 0) is 6.54 Å². The zero-order valence-corrected chi connectivity index (χ0v) is 12.7. The van der Waals surface area contributed by atoms with Crippen molar-refractivity contribution in [2.24, 2.45) is 0 Å². The molecule has 0 aliphatic carbocycles. The SMILES string of the molecule is CCn1c(-c2ccc3c(c2)OCO3)c(-c2ccccc2)[nH]c1=O. The van der Waals surface area contributed by atoms with Gasteiger partial charge in [-0.15, -0.1) is 0 Å². The lowest BCUT2D eigenvalue weighted by Crippen LogP contribution is -2.16. The van der Waals surface area contributed by atoms with Crippen LogP contribution in [0.3, 0.4) is 0 Å². The van der Waals surface area contributed by atoms with Gasteiger partial charge in [-0.25, -0.2) is 4.79 Å². The first-order chi connectivity index (χ1) is 11.3. The van der Waals surface area contributed by atoms with Gasteiger partial charge < -0.3 is 14.5 Å². The lowest BCUT2D eigenvalue weighted by Gasteiger charge is -2.09. The number of rotatable bonds is 3. The minimum Gasteiger partial charge on any atom is -0.454 e. The molecule has 0 atom stereocenters. The number of aromatic amines is 1. The Labute approximate surface area is 133 Å². The van der Waals surface area contributed by atoms with Crippen LogP contribution in [0.2, 0.25) is 0 Å². The normalized spacial score (nSPS) is 12.6. The number of nitrogens with one attached hydrogen (secondary N) is 1. The van der Waals surface area contributed by atoms with Crippen LogP contribution in [0, 0.1) is 0 Å². The molecule has 23 heavy (non-hydrogen) atoms.